The highest BCUT2D eigenvalue weighted by molar-refractivity contribution is 9.10. The molecule has 0 aliphatic carbocycles. The van der Waals surface area contributed by atoms with Gasteiger partial charge in [0.15, 0.2) is 0 Å². The van der Waals surface area contributed by atoms with Crippen LogP contribution in [0.1, 0.15) is 24.7 Å². The van der Waals surface area contributed by atoms with Crippen molar-refractivity contribution in [3.63, 3.8) is 0 Å². The molecule has 0 aliphatic rings. The molecule has 0 saturated heterocycles. The molecule has 4 heteroatoms. The van der Waals surface area contributed by atoms with Gasteiger partial charge in [0.2, 0.25) is 0 Å². The average molecular weight is 260 g/mol. The summed E-state index contributed by atoms with van der Waals surface area (Å²) in [4.78, 5) is 0. The number of halogens is 1. The maximum Gasteiger partial charge on any atom is 0.0738 e. The number of hydrogen-bond acceptors (Lipinski definition) is 2. The van der Waals surface area contributed by atoms with Crippen LogP contribution in [0.4, 0.5) is 0 Å². The van der Waals surface area contributed by atoms with E-state index in [0.29, 0.717) is 6.04 Å². The summed E-state index contributed by atoms with van der Waals surface area (Å²) in [6.07, 6.45) is 2.15. The summed E-state index contributed by atoms with van der Waals surface area (Å²) in [5.41, 5.74) is 2.33. The lowest BCUT2D eigenvalue weighted by atomic mass is 10.1. The minimum absolute atomic E-state index is 0.529. The van der Waals surface area contributed by atoms with Gasteiger partial charge in [0.05, 0.1) is 15.9 Å². The molecule has 0 radical (unpaired) electrons. The summed E-state index contributed by atoms with van der Waals surface area (Å²) >= 11 is 3.58. The molecule has 1 heterocycles. The predicted octanol–water partition coefficient (Wildman–Crippen LogP) is 2.03. The maximum absolute atomic E-state index is 4.37. The van der Waals surface area contributed by atoms with Crippen LogP contribution in [0.25, 0.3) is 0 Å². The monoisotopic (exact) mass is 259 g/mol. The van der Waals surface area contributed by atoms with Gasteiger partial charge in [-0.05, 0) is 36.3 Å². The van der Waals surface area contributed by atoms with Crippen molar-refractivity contribution in [3.8, 4) is 0 Å². The second-order valence-corrected chi connectivity index (χ2v) is 4.36. The molecular formula is C10H18BrN3. The van der Waals surface area contributed by atoms with Crippen LogP contribution >= 0.6 is 15.9 Å². The Bertz CT molecular complexity index is 303. The van der Waals surface area contributed by atoms with Crippen molar-refractivity contribution >= 4 is 15.9 Å². The van der Waals surface area contributed by atoms with Crippen molar-refractivity contribution < 1.29 is 0 Å². The minimum Gasteiger partial charge on any atom is -0.317 e. The van der Waals surface area contributed by atoms with Gasteiger partial charge in [-0.3, -0.25) is 4.68 Å². The van der Waals surface area contributed by atoms with Gasteiger partial charge < -0.3 is 5.32 Å². The number of aromatic nitrogens is 2. The predicted molar refractivity (Wildman–Crippen MR) is 62.5 cm³/mol. The summed E-state index contributed by atoms with van der Waals surface area (Å²) in [5, 5.41) is 7.68. The van der Waals surface area contributed by atoms with E-state index in [2.05, 4.69) is 33.3 Å². The van der Waals surface area contributed by atoms with Crippen molar-refractivity contribution in [2.24, 2.45) is 7.05 Å². The Hall–Kier alpha value is -0.350. The summed E-state index contributed by atoms with van der Waals surface area (Å²) in [6, 6.07) is 0.529. The molecule has 80 valence electrons. The highest BCUT2D eigenvalue weighted by Gasteiger charge is 2.14. The quantitative estimate of drug-likeness (QED) is 0.897. The van der Waals surface area contributed by atoms with Gasteiger partial charge in [0, 0.05) is 19.5 Å². The van der Waals surface area contributed by atoms with Crippen LogP contribution in [0.2, 0.25) is 0 Å². The van der Waals surface area contributed by atoms with Gasteiger partial charge in [-0.1, -0.05) is 6.92 Å². The Morgan fingerprint density at radius 1 is 1.57 bits per heavy atom. The van der Waals surface area contributed by atoms with Gasteiger partial charge in [0.1, 0.15) is 0 Å². The zero-order valence-electron chi connectivity index (χ0n) is 9.26. The SMILES string of the molecule is CCC(Cc1c(Br)c(C)nn1C)NC. The molecule has 0 fully saturated rings. The average Bonchev–Trinajstić information content (AvgIpc) is 2.40. The van der Waals surface area contributed by atoms with E-state index in [4.69, 9.17) is 0 Å². The molecule has 0 aromatic carbocycles. The first-order valence-corrected chi connectivity index (χ1v) is 5.74. The normalized spacial score (nSPS) is 13.2. The summed E-state index contributed by atoms with van der Waals surface area (Å²) in [5.74, 6) is 0. The third-order valence-corrected chi connectivity index (χ3v) is 3.63. The second-order valence-electron chi connectivity index (χ2n) is 3.57. The largest absolute Gasteiger partial charge is 0.317 e. The van der Waals surface area contributed by atoms with Crippen LogP contribution in [0.3, 0.4) is 0 Å². The number of hydrogen-bond donors (Lipinski definition) is 1. The van der Waals surface area contributed by atoms with Crippen molar-refractivity contribution in [2.45, 2.75) is 32.7 Å². The molecule has 14 heavy (non-hydrogen) atoms. The van der Waals surface area contributed by atoms with E-state index in [9.17, 15) is 0 Å². The molecule has 1 aromatic heterocycles. The summed E-state index contributed by atoms with van der Waals surface area (Å²) < 4.78 is 3.10. The first kappa shape index (κ1) is 11.7. The molecular weight excluding hydrogens is 242 g/mol. The Balaban J connectivity index is 2.84. The first-order valence-electron chi connectivity index (χ1n) is 4.95. The molecule has 0 aliphatic heterocycles. The lowest BCUT2D eigenvalue weighted by Gasteiger charge is -2.13. The van der Waals surface area contributed by atoms with E-state index in [1.807, 2.05) is 25.7 Å². The molecule has 0 spiro atoms. The second kappa shape index (κ2) is 4.94. The van der Waals surface area contributed by atoms with E-state index >= 15 is 0 Å². The number of nitrogens with one attached hydrogen (secondary N) is 1. The summed E-state index contributed by atoms with van der Waals surface area (Å²) in [6.45, 7) is 4.21. The zero-order chi connectivity index (χ0) is 10.7. The highest BCUT2D eigenvalue weighted by Crippen LogP contribution is 2.21. The van der Waals surface area contributed by atoms with Crippen molar-refractivity contribution in [2.75, 3.05) is 7.05 Å². The van der Waals surface area contributed by atoms with Gasteiger partial charge >= 0.3 is 0 Å². The molecule has 1 rings (SSSR count). The van der Waals surface area contributed by atoms with E-state index < -0.39 is 0 Å². The topological polar surface area (TPSA) is 29.9 Å². The Labute approximate surface area is 94.0 Å². The highest BCUT2D eigenvalue weighted by atomic mass is 79.9. The standard InChI is InChI=1S/C10H18BrN3/c1-5-8(12-3)6-9-10(11)7(2)13-14(9)4/h8,12H,5-6H2,1-4H3. The molecule has 1 aromatic rings. The van der Waals surface area contributed by atoms with Crippen molar-refractivity contribution in [1.29, 1.82) is 0 Å². The molecule has 1 atom stereocenters. The minimum atomic E-state index is 0.529. The van der Waals surface area contributed by atoms with Crippen LogP contribution in [0, 0.1) is 6.92 Å². The third-order valence-electron chi connectivity index (χ3n) is 2.60. The molecule has 1 N–H and O–H groups in total. The lowest BCUT2D eigenvalue weighted by Crippen LogP contribution is -2.27. The lowest BCUT2D eigenvalue weighted by molar-refractivity contribution is 0.521. The molecule has 3 nitrogen and oxygen atoms in total. The number of rotatable bonds is 4. The molecule has 0 amide bonds. The Kier molecular flexibility index (Phi) is 4.13. The fourth-order valence-electron chi connectivity index (χ4n) is 1.59. The maximum atomic E-state index is 4.37. The number of nitrogens with zero attached hydrogens (tertiary/aromatic N) is 2. The Morgan fingerprint density at radius 3 is 2.57 bits per heavy atom. The van der Waals surface area contributed by atoms with Crippen LogP contribution in [-0.4, -0.2) is 22.9 Å². The molecule has 1 unspecified atom stereocenters. The third kappa shape index (κ3) is 2.36. The van der Waals surface area contributed by atoms with Gasteiger partial charge in [-0.15, -0.1) is 0 Å². The van der Waals surface area contributed by atoms with E-state index in [-0.39, 0.29) is 0 Å². The van der Waals surface area contributed by atoms with Crippen molar-refractivity contribution in [1.82, 2.24) is 15.1 Å². The fourth-order valence-corrected chi connectivity index (χ4v) is 2.08. The zero-order valence-corrected chi connectivity index (χ0v) is 10.8. The van der Waals surface area contributed by atoms with E-state index in [1.165, 1.54) is 5.69 Å². The van der Waals surface area contributed by atoms with Crippen LogP contribution in [-0.2, 0) is 13.5 Å². The molecule has 0 saturated carbocycles. The van der Waals surface area contributed by atoms with Crippen LogP contribution < -0.4 is 5.32 Å². The smallest absolute Gasteiger partial charge is 0.0738 e. The van der Waals surface area contributed by atoms with Gasteiger partial charge in [0.25, 0.3) is 0 Å². The Morgan fingerprint density at radius 2 is 2.21 bits per heavy atom. The van der Waals surface area contributed by atoms with E-state index in [0.717, 1.165) is 23.0 Å². The van der Waals surface area contributed by atoms with Crippen LogP contribution in [0.5, 0.6) is 0 Å². The van der Waals surface area contributed by atoms with Crippen LogP contribution in [0.15, 0.2) is 4.47 Å². The fraction of sp³-hybridized carbons (Fsp3) is 0.700. The summed E-state index contributed by atoms with van der Waals surface area (Å²) in [7, 11) is 4.00. The van der Waals surface area contributed by atoms with Gasteiger partial charge in [-0.25, -0.2) is 0 Å². The van der Waals surface area contributed by atoms with Gasteiger partial charge in [-0.2, -0.15) is 5.10 Å². The van der Waals surface area contributed by atoms with Crippen molar-refractivity contribution in [3.05, 3.63) is 15.9 Å². The number of aryl methyl sites for hydroxylation is 2. The van der Waals surface area contributed by atoms with E-state index in [1.54, 1.807) is 0 Å². The molecule has 0 bridgehead atoms. The number of likely N-dealkylation sites (N-methyl/N-ethyl adjacent to an activating group) is 1. The first-order chi connectivity index (χ1) is 6.60.